The maximum atomic E-state index is 13.4. The molecule has 2 aromatic rings. The van der Waals surface area contributed by atoms with Crippen molar-refractivity contribution < 1.29 is 22.4 Å². The van der Waals surface area contributed by atoms with Crippen LogP contribution in [0.4, 0.5) is 17.6 Å². The Kier molecular flexibility index (Phi) is 6.71. The number of halogens is 5. The quantitative estimate of drug-likeness (QED) is 0.633. The van der Waals surface area contributed by atoms with E-state index in [1.165, 1.54) is 11.8 Å². The monoisotopic (exact) mass is 450 g/mol. The first-order valence-electron chi connectivity index (χ1n) is 9.44. The number of nitrogens with zero attached hydrogens (tertiary/aromatic N) is 6. The van der Waals surface area contributed by atoms with E-state index in [0.717, 1.165) is 11.3 Å². The lowest BCUT2D eigenvalue weighted by atomic mass is 10.2. The van der Waals surface area contributed by atoms with Gasteiger partial charge in [0.2, 0.25) is 5.91 Å². The average Bonchev–Trinajstić information content (AvgIpc) is 3.19. The minimum Gasteiger partial charge on any atom is -0.338 e. The Labute approximate surface area is 176 Å². The van der Waals surface area contributed by atoms with Gasteiger partial charge in [0.15, 0.2) is 0 Å². The van der Waals surface area contributed by atoms with Crippen LogP contribution in [0.25, 0.3) is 0 Å². The summed E-state index contributed by atoms with van der Waals surface area (Å²) in [5.74, 6) is -0.464. The number of alkyl halides is 4. The lowest BCUT2D eigenvalue weighted by molar-refractivity contribution is -0.136. The second-order valence-corrected chi connectivity index (χ2v) is 7.70. The number of hydrogen-bond acceptors (Lipinski definition) is 4. The smallest absolute Gasteiger partial charge is 0.283 e. The predicted octanol–water partition coefficient (Wildman–Crippen LogP) is 3.36. The van der Waals surface area contributed by atoms with Gasteiger partial charge in [-0.15, -0.1) is 0 Å². The van der Waals surface area contributed by atoms with E-state index in [2.05, 4.69) is 15.1 Å². The molecule has 12 heteroatoms. The number of carbonyl (C=O) groups excluding carboxylic acids is 1. The van der Waals surface area contributed by atoms with Crippen LogP contribution in [-0.2, 0) is 18.4 Å². The van der Waals surface area contributed by atoms with Gasteiger partial charge in [0.05, 0.1) is 10.7 Å². The standard InChI is InChI=1S/C18H23ClF4N6O/c1-10-12(8-26(3)24-10)9-27-4-6-28(7-5-27)18(30)11(2)29-15(17(22)23)13(19)14(25-29)16(20)21/h8,11,16-17H,4-7,9H2,1-3H3. The molecule has 0 bridgehead atoms. The molecule has 1 amide bonds. The van der Waals surface area contributed by atoms with E-state index in [1.807, 2.05) is 20.2 Å². The first kappa shape index (κ1) is 22.5. The highest BCUT2D eigenvalue weighted by atomic mass is 35.5. The van der Waals surface area contributed by atoms with Crippen LogP contribution >= 0.6 is 11.6 Å². The van der Waals surface area contributed by atoms with Crippen LogP contribution in [0.15, 0.2) is 6.20 Å². The predicted molar refractivity (Wildman–Crippen MR) is 102 cm³/mol. The molecule has 0 N–H and O–H groups in total. The molecule has 0 spiro atoms. The zero-order chi connectivity index (χ0) is 22.2. The van der Waals surface area contributed by atoms with Gasteiger partial charge in [-0.05, 0) is 13.8 Å². The highest BCUT2D eigenvalue weighted by molar-refractivity contribution is 6.32. The SMILES string of the molecule is Cc1nn(C)cc1CN1CCN(C(=O)C(C)n2nc(C(F)F)c(Cl)c2C(F)F)CC1. The maximum Gasteiger partial charge on any atom is 0.283 e. The number of rotatable bonds is 6. The van der Waals surface area contributed by atoms with Crippen molar-refractivity contribution in [1.29, 1.82) is 0 Å². The van der Waals surface area contributed by atoms with Crippen molar-refractivity contribution in [3.63, 3.8) is 0 Å². The number of aryl methyl sites for hydroxylation is 2. The van der Waals surface area contributed by atoms with Crippen LogP contribution in [0.3, 0.4) is 0 Å². The molecule has 1 atom stereocenters. The number of hydrogen-bond donors (Lipinski definition) is 0. The number of aromatic nitrogens is 4. The van der Waals surface area contributed by atoms with Crippen molar-refractivity contribution >= 4 is 17.5 Å². The number of carbonyl (C=O) groups is 1. The number of amides is 1. The minimum absolute atomic E-state index is 0.392. The van der Waals surface area contributed by atoms with Crippen LogP contribution in [0.1, 0.15) is 48.5 Å². The normalized spacial score (nSPS) is 16.7. The molecule has 0 radical (unpaired) electrons. The molecular weight excluding hydrogens is 428 g/mol. The summed E-state index contributed by atoms with van der Waals surface area (Å²) in [6, 6.07) is -1.17. The van der Waals surface area contributed by atoms with Gasteiger partial charge in [0.25, 0.3) is 12.9 Å². The van der Waals surface area contributed by atoms with Crippen LogP contribution in [-0.4, -0.2) is 61.4 Å². The second-order valence-electron chi connectivity index (χ2n) is 7.32. The largest absolute Gasteiger partial charge is 0.338 e. The van der Waals surface area contributed by atoms with E-state index in [9.17, 15) is 22.4 Å². The molecule has 1 fully saturated rings. The van der Waals surface area contributed by atoms with Gasteiger partial charge in [-0.3, -0.25) is 14.4 Å². The summed E-state index contributed by atoms with van der Waals surface area (Å²) in [4.78, 5) is 16.5. The van der Waals surface area contributed by atoms with Crippen molar-refractivity contribution in [3.05, 3.63) is 33.9 Å². The second kappa shape index (κ2) is 8.93. The Bertz CT molecular complexity index is 907. The first-order chi connectivity index (χ1) is 14.1. The van der Waals surface area contributed by atoms with Gasteiger partial charge in [-0.1, -0.05) is 11.6 Å². The molecule has 2 aromatic heterocycles. The van der Waals surface area contributed by atoms with Gasteiger partial charge < -0.3 is 4.90 Å². The van der Waals surface area contributed by atoms with Gasteiger partial charge in [0, 0.05) is 51.5 Å². The lowest BCUT2D eigenvalue weighted by Crippen LogP contribution is -2.50. The summed E-state index contributed by atoms with van der Waals surface area (Å²) in [7, 11) is 1.85. The van der Waals surface area contributed by atoms with E-state index in [0.29, 0.717) is 37.4 Å². The van der Waals surface area contributed by atoms with Crippen LogP contribution in [0, 0.1) is 6.92 Å². The maximum absolute atomic E-state index is 13.4. The van der Waals surface area contributed by atoms with E-state index >= 15 is 0 Å². The Balaban J connectivity index is 1.68. The molecule has 7 nitrogen and oxygen atoms in total. The Morgan fingerprint density at radius 3 is 2.27 bits per heavy atom. The number of piperazine rings is 1. The van der Waals surface area contributed by atoms with Crippen molar-refractivity contribution in [3.8, 4) is 0 Å². The lowest BCUT2D eigenvalue weighted by Gasteiger charge is -2.36. The van der Waals surface area contributed by atoms with Gasteiger partial charge in [-0.2, -0.15) is 10.2 Å². The van der Waals surface area contributed by atoms with Gasteiger partial charge in [-0.25, -0.2) is 22.2 Å². The molecule has 0 aromatic carbocycles. The van der Waals surface area contributed by atoms with Crippen LogP contribution < -0.4 is 0 Å². The fourth-order valence-corrected chi connectivity index (χ4v) is 3.91. The molecular formula is C18H23ClF4N6O. The fourth-order valence-electron chi connectivity index (χ4n) is 3.62. The summed E-state index contributed by atoms with van der Waals surface area (Å²) < 4.78 is 55.3. The van der Waals surface area contributed by atoms with E-state index in [1.54, 1.807) is 4.68 Å². The summed E-state index contributed by atoms with van der Waals surface area (Å²) in [5, 5.41) is 7.03. The zero-order valence-corrected chi connectivity index (χ0v) is 17.6. The third-order valence-electron chi connectivity index (χ3n) is 5.24. The molecule has 3 rings (SSSR count). The molecule has 1 aliphatic heterocycles. The van der Waals surface area contributed by atoms with Gasteiger partial charge >= 0.3 is 0 Å². The third-order valence-corrected chi connectivity index (χ3v) is 5.63. The molecule has 166 valence electrons. The first-order valence-corrected chi connectivity index (χ1v) is 9.82. The zero-order valence-electron chi connectivity index (χ0n) is 16.8. The molecule has 30 heavy (non-hydrogen) atoms. The topological polar surface area (TPSA) is 59.2 Å². The van der Waals surface area contributed by atoms with Crippen LogP contribution in [0.2, 0.25) is 5.02 Å². The molecule has 1 unspecified atom stereocenters. The van der Waals surface area contributed by atoms with Crippen molar-refractivity contribution in [2.75, 3.05) is 26.2 Å². The molecule has 0 saturated carbocycles. The highest BCUT2D eigenvalue weighted by Crippen LogP contribution is 2.36. The van der Waals surface area contributed by atoms with Crippen molar-refractivity contribution in [1.82, 2.24) is 29.4 Å². The van der Waals surface area contributed by atoms with Crippen molar-refractivity contribution in [2.24, 2.45) is 7.05 Å². The minimum atomic E-state index is -3.13. The molecule has 0 aliphatic carbocycles. The fraction of sp³-hybridized carbons (Fsp3) is 0.611. The summed E-state index contributed by atoms with van der Waals surface area (Å²) >= 11 is 5.68. The Morgan fingerprint density at radius 2 is 1.77 bits per heavy atom. The molecule has 1 saturated heterocycles. The van der Waals surface area contributed by atoms with Gasteiger partial charge in [0.1, 0.15) is 17.4 Å². The Morgan fingerprint density at radius 1 is 1.13 bits per heavy atom. The van der Waals surface area contributed by atoms with E-state index < -0.39 is 41.2 Å². The summed E-state index contributed by atoms with van der Waals surface area (Å²) in [6.07, 6.45) is -4.30. The molecule has 3 heterocycles. The molecule has 1 aliphatic rings. The summed E-state index contributed by atoms with van der Waals surface area (Å²) in [5.41, 5.74) is 0.231. The van der Waals surface area contributed by atoms with Crippen molar-refractivity contribution in [2.45, 2.75) is 39.3 Å². The Hall–Kier alpha value is -2.14. The highest BCUT2D eigenvalue weighted by Gasteiger charge is 2.34. The summed E-state index contributed by atoms with van der Waals surface area (Å²) in [6.45, 7) is 5.96. The third kappa shape index (κ3) is 4.46. The van der Waals surface area contributed by atoms with E-state index in [-0.39, 0.29) is 0 Å². The average molecular weight is 451 g/mol. The van der Waals surface area contributed by atoms with Crippen LogP contribution in [0.5, 0.6) is 0 Å². The van der Waals surface area contributed by atoms with E-state index in [4.69, 9.17) is 11.6 Å².